The van der Waals surface area contributed by atoms with Crippen molar-refractivity contribution in [2.45, 2.75) is 6.10 Å². The maximum Gasteiger partial charge on any atom is 0.311 e. The Hall–Kier alpha value is -1.93. The normalized spacial score (nSPS) is 12.1. The third-order valence-corrected chi connectivity index (χ3v) is 2.28. The number of hydrogen-bond donors (Lipinski definition) is 2. The first kappa shape index (κ1) is 14.1. The fourth-order valence-corrected chi connectivity index (χ4v) is 1.35. The van der Waals surface area contributed by atoms with Gasteiger partial charge in [-0.1, -0.05) is 0 Å². The summed E-state index contributed by atoms with van der Waals surface area (Å²) in [5.74, 6) is 0.335. The fraction of sp³-hybridized carbons (Fsp3) is 0.500. The topological polar surface area (TPSA) is 113 Å². The molecule has 3 N–H and O–H groups in total. The van der Waals surface area contributed by atoms with Crippen LogP contribution >= 0.6 is 0 Å². The minimum absolute atomic E-state index is 0.123. The van der Waals surface area contributed by atoms with Gasteiger partial charge in [0.2, 0.25) is 5.82 Å². The van der Waals surface area contributed by atoms with Crippen molar-refractivity contribution in [1.82, 2.24) is 4.98 Å². The second-order valence-electron chi connectivity index (χ2n) is 3.55. The highest BCUT2D eigenvalue weighted by molar-refractivity contribution is 5.59. The van der Waals surface area contributed by atoms with Crippen LogP contribution < -0.4 is 11.1 Å². The third kappa shape index (κ3) is 3.82. The van der Waals surface area contributed by atoms with Gasteiger partial charge in [-0.2, -0.15) is 0 Å². The number of nitro groups is 1. The molecule has 1 atom stereocenters. The number of methoxy groups -OCH3 is 2. The Bertz CT molecular complexity index is 413. The zero-order valence-corrected chi connectivity index (χ0v) is 10.3. The zero-order valence-electron chi connectivity index (χ0n) is 10.3. The lowest BCUT2D eigenvalue weighted by Gasteiger charge is -2.15. The van der Waals surface area contributed by atoms with Crippen molar-refractivity contribution in [2.24, 2.45) is 0 Å². The Morgan fingerprint density at radius 1 is 1.56 bits per heavy atom. The number of rotatable bonds is 7. The Kier molecular flexibility index (Phi) is 5.28. The number of ether oxygens (including phenoxy) is 2. The molecule has 8 nitrogen and oxygen atoms in total. The molecule has 0 fully saturated rings. The second-order valence-corrected chi connectivity index (χ2v) is 3.55. The standard InChI is InChI=1S/C10H16N4O4/c1-17-6-7(18-2)5-12-10-8(14(15)16)3-4-9(11)13-10/h3-4,7H,5-6H2,1-2H3,(H3,11,12,13). The zero-order chi connectivity index (χ0) is 13.5. The van der Waals surface area contributed by atoms with Crippen molar-refractivity contribution in [2.75, 3.05) is 38.4 Å². The summed E-state index contributed by atoms with van der Waals surface area (Å²) < 4.78 is 10.1. The Balaban J connectivity index is 2.76. The SMILES string of the molecule is COCC(CNc1nc(N)ccc1[N+](=O)[O-])OC. The molecule has 0 aliphatic carbocycles. The highest BCUT2D eigenvalue weighted by Crippen LogP contribution is 2.22. The van der Waals surface area contributed by atoms with Crippen LogP contribution in [0.3, 0.4) is 0 Å². The summed E-state index contributed by atoms with van der Waals surface area (Å²) in [4.78, 5) is 14.2. The van der Waals surface area contributed by atoms with Crippen LogP contribution in [0.25, 0.3) is 0 Å². The van der Waals surface area contributed by atoms with E-state index in [4.69, 9.17) is 15.2 Å². The summed E-state index contributed by atoms with van der Waals surface area (Å²) in [6, 6.07) is 2.69. The molecule has 0 aromatic carbocycles. The molecule has 1 aromatic heterocycles. The average molecular weight is 256 g/mol. The van der Waals surface area contributed by atoms with E-state index < -0.39 is 4.92 Å². The molecule has 0 amide bonds. The van der Waals surface area contributed by atoms with Crippen molar-refractivity contribution in [1.29, 1.82) is 0 Å². The van der Waals surface area contributed by atoms with Crippen LogP contribution in [0.1, 0.15) is 0 Å². The monoisotopic (exact) mass is 256 g/mol. The summed E-state index contributed by atoms with van der Waals surface area (Å²) in [7, 11) is 3.08. The van der Waals surface area contributed by atoms with E-state index in [0.717, 1.165) is 0 Å². The number of nitrogens with one attached hydrogen (secondary N) is 1. The van der Waals surface area contributed by atoms with Crippen molar-refractivity contribution >= 4 is 17.3 Å². The highest BCUT2D eigenvalue weighted by atomic mass is 16.6. The number of nitrogens with zero attached hydrogens (tertiary/aromatic N) is 2. The number of nitrogens with two attached hydrogens (primary N) is 1. The van der Waals surface area contributed by atoms with Gasteiger partial charge in [-0.3, -0.25) is 10.1 Å². The van der Waals surface area contributed by atoms with Gasteiger partial charge in [0.15, 0.2) is 0 Å². The van der Waals surface area contributed by atoms with Crippen molar-refractivity contribution < 1.29 is 14.4 Å². The number of hydrogen-bond acceptors (Lipinski definition) is 7. The molecule has 1 aromatic rings. The fourth-order valence-electron chi connectivity index (χ4n) is 1.35. The lowest BCUT2D eigenvalue weighted by molar-refractivity contribution is -0.384. The van der Waals surface area contributed by atoms with Gasteiger partial charge in [0, 0.05) is 26.8 Å². The van der Waals surface area contributed by atoms with Crippen LogP contribution in [-0.2, 0) is 9.47 Å². The molecule has 0 saturated carbocycles. The maximum atomic E-state index is 10.8. The summed E-state index contributed by atoms with van der Waals surface area (Å²) in [5, 5.41) is 13.6. The average Bonchev–Trinajstić information content (AvgIpc) is 2.34. The Morgan fingerprint density at radius 3 is 2.83 bits per heavy atom. The Morgan fingerprint density at radius 2 is 2.28 bits per heavy atom. The predicted molar refractivity (Wildman–Crippen MR) is 66.5 cm³/mol. The minimum atomic E-state index is -0.521. The van der Waals surface area contributed by atoms with Crippen LogP contribution in [0.5, 0.6) is 0 Å². The van der Waals surface area contributed by atoms with Crippen LogP contribution in [0.15, 0.2) is 12.1 Å². The van der Waals surface area contributed by atoms with Gasteiger partial charge < -0.3 is 20.5 Å². The molecule has 1 unspecified atom stereocenters. The van der Waals surface area contributed by atoms with E-state index in [2.05, 4.69) is 10.3 Å². The molecule has 0 saturated heterocycles. The van der Waals surface area contributed by atoms with Gasteiger partial charge in [0.05, 0.1) is 17.6 Å². The van der Waals surface area contributed by atoms with E-state index >= 15 is 0 Å². The first-order valence-electron chi connectivity index (χ1n) is 5.25. The number of anilines is 2. The van der Waals surface area contributed by atoms with Gasteiger partial charge >= 0.3 is 5.69 Å². The lowest BCUT2D eigenvalue weighted by atomic mass is 10.3. The quantitative estimate of drug-likeness (QED) is 0.543. The largest absolute Gasteiger partial charge is 0.384 e. The molecule has 0 aliphatic rings. The van der Waals surface area contributed by atoms with E-state index in [9.17, 15) is 10.1 Å². The predicted octanol–water partition coefficient (Wildman–Crippen LogP) is 0.645. The molecule has 100 valence electrons. The smallest absolute Gasteiger partial charge is 0.311 e. The molecule has 8 heteroatoms. The van der Waals surface area contributed by atoms with Crippen molar-refractivity contribution in [3.63, 3.8) is 0 Å². The van der Waals surface area contributed by atoms with Crippen molar-refractivity contribution in [3.8, 4) is 0 Å². The Labute approximate surface area is 104 Å². The number of nitrogen functional groups attached to an aromatic ring is 1. The molecule has 0 radical (unpaired) electrons. The van der Waals surface area contributed by atoms with E-state index in [-0.39, 0.29) is 23.4 Å². The summed E-state index contributed by atoms with van der Waals surface area (Å²) in [6.07, 6.45) is -0.224. The van der Waals surface area contributed by atoms with Gasteiger partial charge in [-0.05, 0) is 6.07 Å². The highest BCUT2D eigenvalue weighted by Gasteiger charge is 2.16. The molecule has 18 heavy (non-hydrogen) atoms. The van der Waals surface area contributed by atoms with E-state index in [0.29, 0.717) is 13.2 Å². The minimum Gasteiger partial charge on any atom is -0.384 e. The first-order valence-corrected chi connectivity index (χ1v) is 5.25. The first-order chi connectivity index (χ1) is 8.58. The van der Waals surface area contributed by atoms with Crippen LogP contribution in [0.2, 0.25) is 0 Å². The van der Waals surface area contributed by atoms with Gasteiger partial charge in [0.25, 0.3) is 0 Å². The van der Waals surface area contributed by atoms with Gasteiger partial charge in [-0.25, -0.2) is 4.98 Å². The molecular formula is C10H16N4O4. The van der Waals surface area contributed by atoms with Gasteiger partial charge in [-0.15, -0.1) is 0 Å². The van der Waals surface area contributed by atoms with Gasteiger partial charge in [0.1, 0.15) is 5.82 Å². The summed E-state index contributed by atoms with van der Waals surface area (Å²) >= 11 is 0. The van der Waals surface area contributed by atoms with Crippen LogP contribution in [0, 0.1) is 10.1 Å². The molecule has 1 heterocycles. The third-order valence-electron chi connectivity index (χ3n) is 2.28. The number of aromatic nitrogens is 1. The molecule has 0 spiro atoms. The maximum absolute atomic E-state index is 10.8. The summed E-state index contributed by atoms with van der Waals surface area (Å²) in [6.45, 7) is 0.710. The van der Waals surface area contributed by atoms with Crippen LogP contribution in [-0.4, -0.2) is 43.4 Å². The summed E-state index contributed by atoms with van der Waals surface area (Å²) in [5.41, 5.74) is 5.37. The second kappa shape index (κ2) is 6.72. The van der Waals surface area contributed by atoms with E-state index in [1.807, 2.05) is 0 Å². The molecular weight excluding hydrogens is 240 g/mol. The van der Waals surface area contributed by atoms with Crippen LogP contribution in [0.4, 0.5) is 17.3 Å². The molecule has 0 bridgehead atoms. The molecule has 0 aliphatic heterocycles. The molecule has 1 rings (SSSR count). The van der Waals surface area contributed by atoms with E-state index in [1.54, 1.807) is 7.11 Å². The van der Waals surface area contributed by atoms with Crippen molar-refractivity contribution in [3.05, 3.63) is 22.2 Å². The van der Waals surface area contributed by atoms with E-state index in [1.165, 1.54) is 19.2 Å². The lowest BCUT2D eigenvalue weighted by Crippen LogP contribution is -2.27. The number of pyridine rings is 1.